The van der Waals surface area contributed by atoms with Crippen LogP contribution in [0.5, 0.6) is 0 Å². The maximum Gasteiger partial charge on any atom is 0.294 e. The van der Waals surface area contributed by atoms with E-state index in [0.717, 1.165) is 5.56 Å². The van der Waals surface area contributed by atoms with Crippen molar-refractivity contribution < 1.29 is 9.31 Å². The molecule has 0 radical (unpaired) electrons. The van der Waals surface area contributed by atoms with Gasteiger partial charge in [-0.2, -0.15) is 0 Å². The first-order valence-electron chi connectivity index (χ1n) is 5.78. The Bertz CT molecular complexity index is 634. The van der Waals surface area contributed by atoms with E-state index in [2.05, 4.69) is 9.39 Å². The van der Waals surface area contributed by atoms with Crippen LogP contribution in [-0.4, -0.2) is 4.92 Å². The van der Waals surface area contributed by atoms with Crippen molar-refractivity contribution in [3.63, 3.8) is 0 Å². The Labute approximate surface area is 117 Å². The van der Waals surface area contributed by atoms with Crippen molar-refractivity contribution in [2.45, 2.75) is 6.54 Å². The minimum absolute atomic E-state index is 0.124. The number of nitro benzene ring substituents is 1. The second-order valence-corrected chi connectivity index (χ2v) is 4.88. The van der Waals surface area contributed by atoms with Gasteiger partial charge in [-0.05, 0) is 39.2 Å². The highest BCUT2D eigenvalue weighted by Crippen LogP contribution is 2.29. The van der Waals surface area contributed by atoms with Gasteiger partial charge in [0, 0.05) is 18.3 Å². The highest BCUT2D eigenvalue weighted by molar-refractivity contribution is 7.19. The third-order valence-corrected chi connectivity index (χ3v) is 3.29. The van der Waals surface area contributed by atoms with Gasteiger partial charge < -0.3 is 10.4 Å². The van der Waals surface area contributed by atoms with Crippen LogP contribution in [0, 0.1) is 15.9 Å². The quantitative estimate of drug-likeness (QED) is 0.407. The fourth-order valence-corrected chi connectivity index (χ4v) is 2.12. The van der Waals surface area contributed by atoms with Crippen molar-refractivity contribution >= 4 is 26.5 Å². The number of rotatable bonds is 4. The molecule has 0 bridgehead atoms. The number of benzene rings is 2. The second kappa shape index (κ2) is 5.84. The average molecular weight is 293 g/mol. The van der Waals surface area contributed by atoms with Gasteiger partial charge in [0.1, 0.15) is 11.5 Å². The van der Waals surface area contributed by atoms with Crippen molar-refractivity contribution in [3.8, 4) is 0 Å². The molecule has 0 aliphatic heterocycles. The summed E-state index contributed by atoms with van der Waals surface area (Å²) in [5.41, 5.74) is 7.07. The van der Waals surface area contributed by atoms with E-state index in [1.165, 1.54) is 24.3 Å². The van der Waals surface area contributed by atoms with Gasteiger partial charge >= 0.3 is 0 Å². The third-order valence-electron chi connectivity index (χ3n) is 2.81. The van der Waals surface area contributed by atoms with Crippen LogP contribution in [-0.2, 0) is 6.54 Å². The summed E-state index contributed by atoms with van der Waals surface area (Å²) < 4.78 is 14.6. The van der Waals surface area contributed by atoms with E-state index >= 15 is 0 Å². The SMILES string of the molecule is Nc1ccc(N(P)Cc2ccc(F)cc2)cc1[N+](=O)[O-]. The van der Waals surface area contributed by atoms with Crippen LogP contribution >= 0.6 is 9.39 Å². The first kappa shape index (κ1) is 14.2. The van der Waals surface area contributed by atoms with E-state index in [0.29, 0.717) is 12.2 Å². The molecule has 104 valence electrons. The summed E-state index contributed by atoms with van der Waals surface area (Å²) in [6.07, 6.45) is 0. The molecule has 20 heavy (non-hydrogen) atoms. The standard InChI is InChI=1S/C13H13FN3O2P/c14-10-3-1-9(2-4-10)8-16(20)11-5-6-12(15)13(7-11)17(18)19/h1-7H,8,15,20H2. The smallest absolute Gasteiger partial charge is 0.294 e. The normalized spacial score (nSPS) is 10.3. The van der Waals surface area contributed by atoms with Crippen LogP contribution in [0.4, 0.5) is 21.5 Å². The van der Waals surface area contributed by atoms with Crippen LogP contribution in [0.1, 0.15) is 5.56 Å². The lowest BCUT2D eigenvalue weighted by Crippen LogP contribution is -2.09. The largest absolute Gasteiger partial charge is 0.393 e. The van der Waals surface area contributed by atoms with Crippen LogP contribution in [0.25, 0.3) is 0 Å². The number of nitrogens with zero attached hydrogens (tertiary/aromatic N) is 2. The summed E-state index contributed by atoms with van der Waals surface area (Å²) >= 11 is 0. The molecular formula is C13H13FN3O2P. The summed E-state index contributed by atoms with van der Waals surface area (Å²) in [5, 5.41) is 10.9. The van der Waals surface area contributed by atoms with Gasteiger partial charge in [-0.3, -0.25) is 10.1 Å². The molecule has 2 rings (SSSR count). The predicted molar refractivity (Wildman–Crippen MR) is 79.8 cm³/mol. The van der Waals surface area contributed by atoms with Gasteiger partial charge in [0.15, 0.2) is 0 Å². The Kier molecular flexibility index (Phi) is 4.15. The van der Waals surface area contributed by atoms with Crippen LogP contribution in [0.3, 0.4) is 0 Å². The minimum atomic E-state index is -0.519. The summed E-state index contributed by atoms with van der Waals surface area (Å²) in [6.45, 7) is 0.478. The highest BCUT2D eigenvalue weighted by Gasteiger charge is 2.14. The zero-order chi connectivity index (χ0) is 14.7. The molecule has 0 aliphatic rings. The molecule has 2 N–H and O–H groups in total. The van der Waals surface area contributed by atoms with Crippen LogP contribution in [0.15, 0.2) is 42.5 Å². The van der Waals surface area contributed by atoms with Gasteiger partial charge in [-0.25, -0.2) is 4.39 Å². The number of nitrogen functional groups attached to an aromatic ring is 1. The molecule has 0 saturated heterocycles. The Balaban J connectivity index is 2.20. The maximum atomic E-state index is 12.8. The molecule has 5 nitrogen and oxygen atoms in total. The first-order valence-corrected chi connectivity index (χ1v) is 6.29. The number of halogens is 1. The lowest BCUT2D eigenvalue weighted by molar-refractivity contribution is -0.383. The second-order valence-electron chi connectivity index (χ2n) is 4.25. The van der Waals surface area contributed by atoms with E-state index in [1.807, 2.05) is 0 Å². The molecule has 2 aromatic carbocycles. The predicted octanol–water partition coefficient (Wildman–Crippen LogP) is 3.11. The van der Waals surface area contributed by atoms with Crippen molar-refractivity contribution in [2.24, 2.45) is 0 Å². The van der Waals surface area contributed by atoms with Crippen LogP contribution < -0.4 is 10.4 Å². The molecule has 0 spiro atoms. The van der Waals surface area contributed by atoms with Crippen molar-refractivity contribution in [2.75, 3.05) is 10.4 Å². The average Bonchev–Trinajstić information content (AvgIpc) is 2.41. The Morgan fingerprint density at radius 1 is 1.25 bits per heavy atom. The van der Waals surface area contributed by atoms with Crippen LogP contribution in [0.2, 0.25) is 0 Å². The summed E-state index contributed by atoms with van der Waals surface area (Å²) in [6, 6.07) is 10.7. The van der Waals surface area contributed by atoms with Gasteiger partial charge in [-0.15, -0.1) is 0 Å². The summed E-state index contributed by atoms with van der Waals surface area (Å²) in [5.74, 6) is -0.299. The van der Waals surface area contributed by atoms with Crippen molar-refractivity contribution in [1.29, 1.82) is 0 Å². The highest BCUT2D eigenvalue weighted by atomic mass is 31.0. The molecule has 0 saturated carbocycles. The van der Waals surface area contributed by atoms with E-state index in [4.69, 9.17) is 5.73 Å². The molecule has 1 atom stereocenters. The molecule has 2 aromatic rings. The Hall–Kier alpha value is -2.20. The Morgan fingerprint density at radius 3 is 2.50 bits per heavy atom. The van der Waals surface area contributed by atoms with Gasteiger partial charge in [0.05, 0.1) is 4.92 Å². The molecule has 0 aliphatic carbocycles. The maximum absolute atomic E-state index is 12.8. The molecule has 0 heterocycles. The van der Waals surface area contributed by atoms with Crippen molar-refractivity contribution in [3.05, 3.63) is 64.0 Å². The Morgan fingerprint density at radius 2 is 1.90 bits per heavy atom. The molecule has 0 amide bonds. The summed E-state index contributed by atoms with van der Waals surface area (Å²) in [7, 11) is 2.48. The zero-order valence-electron chi connectivity index (χ0n) is 10.5. The number of anilines is 2. The van der Waals surface area contributed by atoms with E-state index in [1.54, 1.807) is 22.9 Å². The topological polar surface area (TPSA) is 72.4 Å². The molecule has 0 aromatic heterocycles. The van der Waals surface area contributed by atoms with E-state index in [-0.39, 0.29) is 17.2 Å². The fraction of sp³-hybridized carbons (Fsp3) is 0.0769. The lowest BCUT2D eigenvalue weighted by Gasteiger charge is -2.19. The van der Waals surface area contributed by atoms with Gasteiger partial charge in [-0.1, -0.05) is 12.1 Å². The monoisotopic (exact) mass is 293 g/mol. The molecule has 0 fully saturated rings. The minimum Gasteiger partial charge on any atom is -0.393 e. The zero-order valence-corrected chi connectivity index (χ0v) is 11.6. The van der Waals surface area contributed by atoms with E-state index in [9.17, 15) is 14.5 Å². The van der Waals surface area contributed by atoms with Gasteiger partial charge in [0.2, 0.25) is 0 Å². The third kappa shape index (κ3) is 3.22. The van der Waals surface area contributed by atoms with Crippen molar-refractivity contribution in [1.82, 2.24) is 0 Å². The number of nitrogens with two attached hydrogens (primary N) is 1. The molecular weight excluding hydrogens is 280 g/mol. The number of nitro groups is 1. The lowest BCUT2D eigenvalue weighted by atomic mass is 10.2. The van der Waals surface area contributed by atoms with Gasteiger partial charge in [0.25, 0.3) is 5.69 Å². The van der Waals surface area contributed by atoms with E-state index < -0.39 is 4.92 Å². The number of hydrogen-bond acceptors (Lipinski definition) is 4. The summed E-state index contributed by atoms with van der Waals surface area (Å²) in [4.78, 5) is 10.3. The number of hydrogen-bond donors (Lipinski definition) is 1. The molecule has 7 heteroatoms. The molecule has 1 unspecified atom stereocenters. The first-order chi connectivity index (χ1) is 9.47. The fourth-order valence-electron chi connectivity index (χ4n) is 1.75.